The highest BCUT2D eigenvalue weighted by Crippen LogP contribution is 1.92. The van der Waals surface area contributed by atoms with Crippen molar-refractivity contribution in [3.05, 3.63) is 30.1 Å². The average molecular weight is 235 g/mol. The number of aromatic nitrogens is 1. The van der Waals surface area contributed by atoms with Crippen LogP contribution in [0.15, 0.2) is 24.4 Å². The summed E-state index contributed by atoms with van der Waals surface area (Å²) in [6.07, 6.45) is 2.28. The molecule has 1 rings (SSSR count). The molecule has 94 valence electrons. The fourth-order valence-electron chi connectivity index (χ4n) is 1.33. The van der Waals surface area contributed by atoms with Gasteiger partial charge in [-0.15, -0.1) is 0 Å². The van der Waals surface area contributed by atoms with Crippen molar-refractivity contribution in [2.75, 3.05) is 13.1 Å². The molecule has 0 bridgehead atoms. The lowest BCUT2D eigenvalue weighted by molar-refractivity contribution is -0.121. The van der Waals surface area contributed by atoms with Gasteiger partial charge in [0.15, 0.2) is 0 Å². The molecule has 0 radical (unpaired) electrons. The van der Waals surface area contributed by atoms with Gasteiger partial charge < -0.3 is 10.6 Å². The third-order valence-corrected chi connectivity index (χ3v) is 2.27. The van der Waals surface area contributed by atoms with Gasteiger partial charge in [0.25, 0.3) is 0 Å². The van der Waals surface area contributed by atoms with Crippen molar-refractivity contribution in [1.82, 2.24) is 15.6 Å². The van der Waals surface area contributed by atoms with Crippen molar-refractivity contribution in [2.24, 2.45) is 5.92 Å². The third kappa shape index (κ3) is 6.68. The number of carbonyl (C=O) groups is 1. The van der Waals surface area contributed by atoms with Crippen LogP contribution in [-0.4, -0.2) is 24.0 Å². The van der Waals surface area contributed by atoms with Crippen LogP contribution >= 0.6 is 0 Å². The van der Waals surface area contributed by atoms with E-state index in [1.54, 1.807) is 6.20 Å². The van der Waals surface area contributed by atoms with Crippen LogP contribution in [0.4, 0.5) is 0 Å². The van der Waals surface area contributed by atoms with Crippen LogP contribution in [0.5, 0.6) is 0 Å². The summed E-state index contributed by atoms with van der Waals surface area (Å²) in [5, 5.41) is 6.08. The summed E-state index contributed by atoms with van der Waals surface area (Å²) in [6, 6.07) is 5.81. The quantitative estimate of drug-likeness (QED) is 0.701. The Hall–Kier alpha value is -1.42. The zero-order valence-electron chi connectivity index (χ0n) is 10.6. The van der Waals surface area contributed by atoms with Gasteiger partial charge in [-0.2, -0.15) is 0 Å². The summed E-state index contributed by atoms with van der Waals surface area (Å²) in [5.41, 5.74) is 0.995. The standard InChI is InChI=1S/C13H21N3O/c1-11(2)9-16-13(17)6-8-14-10-12-5-3-4-7-15-12/h3-5,7,11,14H,6,8-10H2,1-2H3,(H,16,17). The van der Waals surface area contributed by atoms with Crippen LogP contribution in [-0.2, 0) is 11.3 Å². The first kappa shape index (κ1) is 13.6. The van der Waals surface area contributed by atoms with E-state index in [1.165, 1.54) is 0 Å². The molecule has 1 heterocycles. The maximum Gasteiger partial charge on any atom is 0.221 e. The van der Waals surface area contributed by atoms with Crippen molar-refractivity contribution < 1.29 is 4.79 Å². The van der Waals surface area contributed by atoms with Gasteiger partial charge in [-0.1, -0.05) is 19.9 Å². The fourth-order valence-corrected chi connectivity index (χ4v) is 1.33. The molecule has 1 aromatic rings. The van der Waals surface area contributed by atoms with Gasteiger partial charge in [-0.3, -0.25) is 9.78 Å². The Morgan fingerprint density at radius 3 is 2.88 bits per heavy atom. The third-order valence-electron chi connectivity index (χ3n) is 2.27. The molecule has 0 aromatic carbocycles. The Labute approximate surface area is 103 Å². The summed E-state index contributed by atoms with van der Waals surface area (Å²) >= 11 is 0. The molecule has 0 atom stereocenters. The second-order valence-electron chi connectivity index (χ2n) is 4.45. The minimum Gasteiger partial charge on any atom is -0.356 e. The molecule has 1 aromatic heterocycles. The number of rotatable bonds is 7. The predicted molar refractivity (Wildman–Crippen MR) is 68.4 cm³/mol. The van der Waals surface area contributed by atoms with Gasteiger partial charge in [-0.05, 0) is 18.1 Å². The normalized spacial score (nSPS) is 10.5. The first-order valence-electron chi connectivity index (χ1n) is 6.06. The molecular formula is C13H21N3O. The Morgan fingerprint density at radius 2 is 2.24 bits per heavy atom. The van der Waals surface area contributed by atoms with Crippen molar-refractivity contribution in [2.45, 2.75) is 26.8 Å². The number of nitrogens with zero attached hydrogens (tertiary/aromatic N) is 1. The van der Waals surface area contributed by atoms with E-state index >= 15 is 0 Å². The van der Waals surface area contributed by atoms with Crippen LogP contribution in [0.25, 0.3) is 0 Å². The molecule has 0 aliphatic heterocycles. The number of nitrogens with one attached hydrogen (secondary N) is 2. The first-order chi connectivity index (χ1) is 8.18. The molecule has 0 aliphatic carbocycles. The molecule has 0 fully saturated rings. The molecule has 1 amide bonds. The molecule has 0 saturated carbocycles. The van der Waals surface area contributed by atoms with Crippen LogP contribution in [0.2, 0.25) is 0 Å². The fraction of sp³-hybridized carbons (Fsp3) is 0.538. The van der Waals surface area contributed by atoms with E-state index in [0.717, 1.165) is 12.2 Å². The van der Waals surface area contributed by atoms with Crippen molar-refractivity contribution in [3.63, 3.8) is 0 Å². The van der Waals surface area contributed by atoms with Gasteiger partial charge in [-0.25, -0.2) is 0 Å². The lowest BCUT2D eigenvalue weighted by atomic mass is 10.2. The van der Waals surface area contributed by atoms with Crippen molar-refractivity contribution in [1.29, 1.82) is 0 Å². The lowest BCUT2D eigenvalue weighted by Crippen LogP contribution is -2.30. The van der Waals surface area contributed by atoms with Gasteiger partial charge >= 0.3 is 0 Å². The lowest BCUT2D eigenvalue weighted by Gasteiger charge is -2.08. The van der Waals surface area contributed by atoms with Gasteiger partial charge in [0.1, 0.15) is 0 Å². The largest absolute Gasteiger partial charge is 0.356 e. The van der Waals surface area contributed by atoms with E-state index < -0.39 is 0 Å². The van der Waals surface area contributed by atoms with Crippen LogP contribution in [0.1, 0.15) is 26.0 Å². The molecule has 4 heteroatoms. The second-order valence-corrected chi connectivity index (χ2v) is 4.45. The van der Waals surface area contributed by atoms with Gasteiger partial charge in [0.05, 0.1) is 5.69 Å². The Morgan fingerprint density at radius 1 is 1.41 bits per heavy atom. The Balaban J connectivity index is 2.06. The molecule has 17 heavy (non-hydrogen) atoms. The van der Waals surface area contributed by atoms with Crippen molar-refractivity contribution in [3.8, 4) is 0 Å². The summed E-state index contributed by atoms with van der Waals surface area (Å²) in [4.78, 5) is 15.6. The summed E-state index contributed by atoms with van der Waals surface area (Å²) in [7, 11) is 0. The summed E-state index contributed by atoms with van der Waals surface area (Å²) < 4.78 is 0. The van der Waals surface area contributed by atoms with E-state index in [1.807, 2.05) is 18.2 Å². The van der Waals surface area contributed by atoms with E-state index in [-0.39, 0.29) is 5.91 Å². The molecule has 0 saturated heterocycles. The van der Waals surface area contributed by atoms with E-state index in [4.69, 9.17) is 0 Å². The number of hydrogen-bond acceptors (Lipinski definition) is 3. The Kier molecular flexibility index (Phi) is 6.25. The highest BCUT2D eigenvalue weighted by Gasteiger charge is 2.01. The molecule has 0 unspecified atom stereocenters. The summed E-state index contributed by atoms with van der Waals surface area (Å²) in [5.74, 6) is 0.604. The number of hydrogen-bond donors (Lipinski definition) is 2. The second kappa shape index (κ2) is 7.79. The zero-order chi connectivity index (χ0) is 12.5. The number of carbonyl (C=O) groups excluding carboxylic acids is 1. The van der Waals surface area contributed by atoms with E-state index in [2.05, 4.69) is 29.5 Å². The molecule has 0 spiro atoms. The smallest absolute Gasteiger partial charge is 0.221 e. The Bertz CT molecular complexity index is 325. The average Bonchev–Trinajstić information content (AvgIpc) is 2.33. The highest BCUT2D eigenvalue weighted by molar-refractivity contribution is 5.76. The highest BCUT2D eigenvalue weighted by atomic mass is 16.1. The first-order valence-corrected chi connectivity index (χ1v) is 6.06. The molecule has 0 aliphatic rings. The predicted octanol–water partition coefficient (Wildman–Crippen LogP) is 1.33. The van der Waals surface area contributed by atoms with E-state index in [0.29, 0.717) is 25.4 Å². The number of pyridine rings is 1. The maximum absolute atomic E-state index is 11.4. The van der Waals surface area contributed by atoms with Gasteiger partial charge in [0, 0.05) is 32.3 Å². The minimum atomic E-state index is 0.104. The topological polar surface area (TPSA) is 54.0 Å². The maximum atomic E-state index is 11.4. The van der Waals surface area contributed by atoms with Crippen LogP contribution in [0, 0.1) is 5.92 Å². The molecule has 2 N–H and O–H groups in total. The van der Waals surface area contributed by atoms with E-state index in [9.17, 15) is 4.79 Å². The van der Waals surface area contributed by atoms with Crippen LogP contribution < -0.4 is 10.6 Å². The number of amides is 1. The van der Waals surface area contributed by atoms with Gasteiger partial charge in [0.2, 0.25) is 5.91 Å². The SMILES string of the molecule is CC(C)CNC(=O)CCNCc1ccccn1. The summed E-state index contributed by atoms with van der Waals surface area (Å²) in [6.45, 7) is 6.30. The monoisotopic (exact) mass is 235 g/mol. The minimum absolute atomic E-state index is 0.104. The zero-order valence-corrected chi connectivity index (χ0v) is 10.6. The molecule has 4 nitrogen and oxygen atoms in total. The molecular weight excluding hydrogens is 214 g/mol. The van der Waals surface area contributed by atoms with Crippen LogP contribution in [0.3, 0.4) is 0 Å². The van der Waals surface area contributed by atoms with Crippen molar-refractivity contribution >= 4 is 5.91 Å².